The zero-order valence-electron chi connectivity index (χ0n) is 22.0. The van der Waals surface area contributed by atoms with E-state index in [1.165, 1.54) is 25.7 Å². The van der Waals surface area contributed by atoms with Crippen molar-refractivity contribution in [2.75, 3.05) is 19.5 Å². The van der Waals surface area contributed by atoms with Crippen LogP contribution in [0.15, 0.2) is 12.1 Å². The molecule has 0 aliphatic rings. The van der Waals surface area contributed by atoms with Gasteiger partial charge in [0.2, 0.25) is 0 Å². The van der Waals surface area contributed by atoms with Crippen molar-refractivity contribution >= 4 is 22.4 Å². The van der Waals surface area contributed by atoms with E-state index in [4.69, 9.17) is 26.6 Å². The first-order valence-corrected chi connectivity index (χ1v) is 12.0. The molecule has 1 aromatic carbocycles. The van der Waals surface area contributed by atoms with Crippen LogP contribution in [0.25, 0.3) is 0 Å². The fourth-order valence-corrected chi connectivity index (χ4v) is 4.05. The minimum Gasteiger partial charge on any atom is -0.496 e. The summed E-state index contributed by atoms with van der Waals surface area (Å²) < 4.78 is 56.9. The maximum Gasteiger partial charge on any atom is 0.124 e. The molecule has 5 heteroatoms. The van der Waals surface area contributed by atoms with E-state index in [2.05, 4.69) is 20.8 Å². The lowest BCUT2D eigenvalue weighted by molar-refractivity contribution is 0.273. The van der Waals surface area contributed by atoms with E-state index in [1.54, 1.807) is 0 Å². The van der Waals surface area contributed by atoms with Gasteiger partial charge in [0.15, 0.2) is 0 Å². The van der Waals surface area contributed by atoms with Crippen molar-refractivity contribution < 1.29 is 19.2 Å². The molecule has 0 amide bonds. The number of hydrogen-bond acceptors (Lipinski definition) is 3. The quantitative estimate of drug-likeness (QED) is 0.287. The number of hydrogen-bond donors (Lipinski definition) is 0. The molecule has 0 aromatic heterocycles. The molecule has 0 N–H and O–H groups in total. The summed E-state index contributed by atoms with van der Waals surface area (Å²) in [4.78, 5) is 0. The lowest BCUT2D eigenvalue weighted by atomic mass is 9.98. The van der Waals surface area contributed by atoms with Crippen LogP contribution in [0.5, 0.6) is 11.5 Å². The Kier molecular flexibility index (Phi) is 9.81. The third kappa shape index (κ3) is 9.65. The van der Waals surface area contributed by atoms with Gasteiger partial charge in [-0.05, 0) is 36.8 Å². The van der Waals surface area contributed by atoms with Crippen molar-refractivity contribution in [2.45, 2.75) is 77.8 Å². The highest BCUT2D eigenvalue weighted by molar-refractivity contribution is 7.84. The molecule has 0 saturated heterocycles. The number of unbranched alkanes of at least 4 members (excludes halogenated alkanes) is 1. The van der Waals surface area contributed by atoms with Gasteiger partial charge in [-0.2, -0.15) is 0 Å². The molecule has 0 fully saturated rings. The first kappa shape index (κ1) is 19.2. The molecule has 2 unspecified atom stereocenters. The van der Waals surface area contributed by atoms with Crippen LogP contribution in [0, 0.1) is 11.8 Å². The van der Waals surface area contributed by atoms with E-state index < -0.39 is 22.3 Å². The summed E-state index contributed by atoms with van der Waals surface area (Å²) in [6, 6.07) is 2.76. The molecule has 0 aliphatic heterocycles. The standard InChI is InChI=1S/C23H39ClO3S/c1-6-7-13-28(25)17-21-15-22(26-5)20(16-24)14-23(21)27-12-11-19(4)10-8-9-18(2)3/h14-15,18-19H,6-13,16-17H2,1-5H3/i16D2,17D2. The molecule has 3 nitrogen and oxygen atoms in total. The molecule has 0 radical (unpaired) electrons. The van der Waals surface area contributed by atoms with E-state index in [9.17, 15) is 4.21 Å². The van der Waals surface area contributed by atoms with Crippen LogP contribution in [-0.4, -0.2) is 23.7 Å². The van der Waals surface area contributed by atoms with E-state index in [-0.39, 0.29) is 28.4 Å². The Balaban J connectivity index is 3.16. The zero-order valence-corrected chi connectivity index (χ0v) is 19.5. The highest BCUT2D eigenvalue weighted by atomic mass is 35.5. The Bertz CT molecular complexity index is 739. The zero-order chi connectivity index (χ0) is 24.5. The van der Waals surface area contributed by atoms with E-state index in [0.717, 1.165) is 25.7 Å². The Morgan fingerprint density at radius 3 is 2.43 bits per heavy atom. The third-order valence-corrected chi connectivity index (χ3v) is 5.97. The maximum absolute atomic E-state index is 12.8. The summed E-state index contributed by atoms with van der Waals surface area (Å²) in [5.74, 6) is -0.596. The summed E-state index contributed by atoms with van der Waals surface area (Å²) >= 11 is 5.92. The molecule has 2 atom stereocenters. The molecular weight excluding hydrogens is 392 g/mol. The number of methoxy groups -OCH3 is 1. The van der Waals surface area contributed by atoms with E-state index in [1.807, 2.05) is 6.92 Å². The molecule has 1 aromatic rings. The molecular formula is C23H39ClO3S. The monoisotopic (exact) mass is 434 g/mol. The van der Waals surface area contributed by atoms with Crippen LogP contribution in [0.3, 0.4) is 0 Å². The normalized spacial score (nSPS) is 16.7. The fraction of sp³-hybridized carbons (Fsp3) is 0.739. The second-order valence-corrected chi connectivity index (χ2v) is 9.21. The SMILES string of the molecule is [2H]C([2H])(Cl)c1cc(OCCC(C)CCCC(C)C)c(C([2H])([2H])S(=O)CCCC)cc1OC. The van der Waals surface area contributed by atoms with Gasteiger partial charge >= 0.3 is 0 Å². The fourth-order valence-electron chi connectivity index (χ4n) is 2.84. The highest BCUT2D eigenvalue weighted by Crippen LogP contribution is 2.31. The van der Waals surface area contributed by atoms with Crippen LogP contribution in [0.4, 0.5) is 0 Å². The Hall–Kier alpha value is -0.740. The number of rotatable bonds is 15. The number of benzene rings is 1. The van der Waals surface area contributed by atoms with Crippen LogP contribution in [0.2, 0.25) is 0 Å². The van der Waals surface area contributed by atoms with Gasteiger partial charge in [0.05, 0.1) is 25.3 Å². The lowest BCUT2D eigenvalue weighted by Crippen LogP contribution is -2.08. The summed E-state index contributed by atoms with van der Waals surface area (Å²) in [5, 5.41) is 0. The first-order chi connectivity index (χ1) is 14.8. The molecule has 0 bridgehead atoms. The molecule has 0 heterocycles. The van der Waals surface area contributed by atoms with Crippen molar-refractivity contribution in [3.05, 3.63) is 23.3 Å². The number of ether oxygens (including phenoxy) is 2. The third-order valence-electron chi connectivity index (χ3n) is 4.66. The molecule has 162 valence electrons. The minimum atomic E-state index is -2.22. The molecule has 1 rings (SSSR count). The average molecular weight is 435 g/mol. The van der Waals surface area contributed by atoms with Gasteiger partial charge in [-0.3, -0.25) is 4.21 Å². The van der Waals surface area contributed by atoms with Gasteiger partial charge in [-0.15, -0.1) is 11.6 Å². The van der Waals surface area contributed by atoms with Crippen LogP contribution in [-0.2, 0) is 22.3 Å². The second kappa shape index (κ2) is 14.3. The van der Waals surface area contributed by atoms with Crippen molar-refractivity contribution in [3.8, 4) is 11.5 Å². The van der Waals surface area contributed by atoms with Crippen molar-refractivity contribution in [1.29, 1.82) is 0 Å². The summed E-state index contributed by atoms with van der Waals surface area (Å²) in [6.45, 7) is 8.91. The van der Waals surface area contributed by atoms with Crippen LogP contribution >= 0.6 is 11.6 Å². The van der Waals surface area contributed by atoms with Gasteiger partial charge < -0.3 is 9.47 Å². The van der Waals surface area contributed by atoms with Gasteiger partial charge in [0.25, 0.3) is 0 Å². The van der Waals surface area contributed by atoms with Crippen molar-refractivity contribution in [3.63, 3.8) is 0 Å². The van der Waals surface area contributed by atoms with Gasteiger partial charge in [-0.25, -0.2) is 0 Å². The first-order valence-electron chi connectivity index (χ1n) is 12.3. The summed E-state index contributed by atoms with van der Waals surface area (Å²) in [5.41, 5.74) is -2.01. The molecule has 0 aliphatic carbocycles. The highest BCUT2D eigenvalue weighted by Gasteiger charge is 2.14. The van der Waals surface area contributed by atoms with Crippen LogP contribution in [0.1, 0.15) is 82.8 Å². The summed E-state index contributed by atoms with van der Waals surface area (Å²) in [6.07, 6.45) is 5.68. The van der Waals surface area contributed by atoms with Gasteiger partial charge in [0.1, 0.15) is 11.5 Å². The number of halogens is 1. The van der Waals surface area contributed by atoms with Crippen molar-refractivity contribution in [2.24, 2.45) is 11.8 Å². The van der Waals surface area contributed by atoms with Gasteiger partial charge in [0, 0.05) is 33.2 Å². The Morgan fingerprint density at radius 1 is 1.11 bits per heavy atom. The molecule has 28 heavy (non-hydrogen) atoms. The predicted octanol–water partition coefficient (Wildman–Crippen LogP) is 6.71. The molecule has 0 saturated carbocycles. The van der Waals surface area contributed by atoms with Crippen LogP contribution < -0.4 is 9.47 Å². The van der Waals surface area contributed by atoms with E-state index >= 15 is 0 Å². The topological polar surface area (TPSA) is 35.5 Å². The van der Waals surface area contributed by atoms with E-state index in [0.29, 0.717) is 24.9 Å². The number of alkyl halides is 1. The molecule has 0 spiro atoms. The summed E-state index contributed by atoms with van der Waals surface area (Å²) in [7, 11) is -0.412. The lowest BCUT2D eigenvalue weighted by Gasteiger charge is -2.17. The second-order valence-electron chi connectivity index (χ2n) is 7.72. The average Bonchev–Trinajstić information content (AvgIpc) is 2.70. The Morgan fingerprint density at radius 2 is 1.82 bits per heavy atom. The predicted molar refractivity (Wildman–Crippen MR) is 122 cm³/mol. The van der Waals surface area contributed by atoms with Crippen molar-refractivity contribution in [1.82, 2.24) is 0 Å². The minimum absolute atomic E-state index is 0.0561. The smallest absolute Gasteiger partial charge is 0.124 e. The maximum atomic E-state index is 12.8. The largest absolute Gasteiger partial charge is 0.496 e. The Labute approximate surface area is 185 Å². The van der Waals surface area contributed by atoms with Gasteiger partial charge in [-0.1, -0.05) is 53.4 Å².